The number of carbonyl (C=O) groups excluding carboxylic acids is 1. The lowest BCUT2D eigenvalue weighted by atomic mass is 10.1. The van der Waals surface area contributed by atoms with E-state index in [-0.39, 0.29) is 22.5 Å². The van der Waals surface area contributed by atoms with Gasteiger partial charge in [-0.3, -0.25) is 9.89 Å². The Labute approximate surface area is 233 Å². The van der Waals surface area contributed by atoms with Crippen LogP contribution < -0.4 is 14.8 Å². The van der Waals surface area contributed by atoms with E-state index in [1.54, 1.807) is 49.3 Å². The molecule has 0 aliphatic carbocycles. The van der Waals surface area contributed by atoms with Crippen molar-refractivity contribution < 1.29 is 24.2 Å². The Morgan fingerprint density at radius 1 is 1.02 bits per heavy atom. The summed E-state index contributed by atoms with van der Waals surface area (Å²) in [5.41, 5.74) is 2.83. The highest BCUT2D eigenvalue weighted by molar-refractivity contribution is 8.04. The van der Waals surface area contributed by atoms with Gasteiger partial charge in [0, 0.05) is 40.0 Å². The molecule has 3 N–H and O–H groups in total. The Hall–Kier alpha value is -5.03. The van der Waals surface area contributed by atoms with E-state index in [9.17, 15) is 14.7 Å². The number of amides is 1. The molecule has 0 unspecified atom stereocenters. The summed E-state index contributed by atoms with van der Waals surface area (Å²) < 4.78 is 12.4. The van der Waals surface area contributed by atoms with Crippen LogP contribution in [0.25, 0.3) is 28.4 Å². The number of ether oxygens (including phenoxy) is 2. The molecule has 0 radical (unpaired) electrons. The van der Waals surface area contributed by atoms with Gasteiger partial charge in [-0.1, -0.05) is 36.4 Å². The average molecular weight is 556 g/mol. The van der Waals surface area contributed by atoms with Crippen LogP contribution in [-0.2, 0) is 16.1 Å². The first-order valence-corrected chi connectivity index (χ1v) is 13.0. The molecule has 5 rings (SSSR count). The van der Waals surface area contributed by atoms with Gasteiger partial charge in [0.05, 0.1) is 14.2 Å². The molecule has 0 fully saturated rings. The van der Waals surface area contributed by atoms with Gasteiger partial charge in [-0.05, 0) is 48.2 Å². The molecule has 0 aliphatic rings. The molecule has 0 bridgehead atoms. The summed E-state index contributed by atoms with van der Waals surface area (Å²) in [4.78, 5) is 29.4. The first-order valence-electron chi connectivity index (χ1n) is 12.1. The molecule has 40 heavy (non-hydrogen) atoms. The van der Waals surface area contributed by atoms with Crippen molar-refractivity contribution in [2.45, 2.75) is 11.7 Å². The normalized spacial score (nSPS) is 11.4. The molecule has 0 saturated heterocycles. The fourth-order valence-electron chi connectivity index (χ4n) is 4.14. The third-order valence-corrected chi connectivity index (χ3v) is 6.86. The van der Waals surface area contributed by atoms with Gasteiger partial charge in [0.15, 0.2) is 5.82 Å². The van der Waals surface area contributed by atoms with Gasteiger partial charge in [-0.25, -0.2) is 9.78 Å². The Balaban J connectivity index is 1.41. The monoisotopic (exact) mass is 555 g/mol. The van der Waals surface area contributed by atoms with Crippen LogP contribution in [0.5, 0.6) is 11.5 Å². The number of benzene rings is 3. The number of rotatable bonds is 10. The summed E-state index contributed by atoms with van der Waals surface area (Å²) >= 11 is 0.918. The maximum atomic E-state index is 12.7. The van der Waals surface area contributed by atoms with E-state index in [1.807, 2.05) is 54.6 Å². The largest absolute Gasteiger partial charge is 0.497 e. The smallest absolute Gasteiger partial charge is 0.342 e. The third kappa shape index (κ3) is 6.00. The van der Waals surface area contributed by atoms with E-state index >= 15 is 0 Å². The van der Waals surface area contributed by atoms with Gasteiger partial charge in [0.1, 0.15) is 22.9 Å². The summed E-state index contributed by atoms with van der Waals surface area (Å²) in [5.74, 6) is 0.279. The van der Waals surface area contributed by atoms with Gasteiger partial charge in [-0.15, -0.1) is 5.10 Å². The number of nitrogens with one attached hydrogen (secondary N) is 2. The van der Waals surface area contributed by atoms with E-state index < -0.39 is 5.97 Å². The fourth-order valence-corrected chi connectivity index (χ4v) is 4.84. The van der Waals surface area contributed by atoms with Crippen molar-refractivity contribution in [1.82, 2.24) is 19.7 Å². The Bertz CT molecular complexity index is 1690. The van der Waals surface area contributed by atoms with E-state index in [4.69, 9.17) is 9.47 Å². The summed E-state index contributed by atoms with van der Waals surface area (Å²) in [5, 5.41) is 21.0. The molecule has 0 saturated carbocycles. The summed E-state index contributed by atoms with van der Waals surface area (Å²) in [7, 11) is 3.10. The molecular weight excluding hydrogens is 530 g/mol. The number of thioether (sulfide) groups is 1. The van der Waals surface area contributed by atoms with E-state index in [0.717, 1.165) is 22.7 Å². The minimum Gasteiger partial charge on any atom is -0.497 e. The zero-order chi connectivity index (χ0) is 28.1. The molecule has 5 aromatic rings. The lowest BCUT2D eigenvalue weighted by molar-refractivity contribution is -0.131. The van der Waals surface area contributed by atoms with Crippen molar-refractivity contribution in [3.05, 3.63) is 89.5 Å². The molecule has 1 amide bonds. The first kappa shape index (κ1) is 26.6. The van der Waals surface area contributed by atoms with Crippen LogP contribution in [0, 0.1) is 0 Å². The van der Waals surface area contributed by atoms with Crippen LogP contribution in [0.15, 0.2) is 89.1 Å². The second-order valence-electron chi connectivity index (χ2n) is 8.63. The number of carboxylic acids is 1. The lowest BCUT2D eigenvalue weighted by Crippen LogP contribution is -2.18. The molecule has 3 aromatic carbocycles. The molecule has 2 aromatic heterocycles. The fraction of sp³-hybridized carbons (Fsp3) is 0.103. The number of para-hydroxylation sites is 2. The maximum Gasteiger partial charge on any atom is 0.342 e. The zero-order valence-electron chi connectivity index (χ0n) is 21.6. The third-order valence-electron chi connectivity index (χ3n) is 5.98. The topological polar surface area (TPSA) is 131 Å². The maximum absolute atomic E-state index is 12.7. The van der Waals surface area contributed by atoms with Crippen LogP contribution in [-0.4, -0.2) is 51.0 Å². The van der Waals surface area contributed by atoms with Crippen LogP contribution in [0.4, 0.5) is 5.69 Å². The molecular formula is C29H25N5O5S. The number of aromatic nitrogens is 4. The average Bonchev–Trinajstić information content (AvgIpc) is 3.58. The molecule has 0 spiro atoms. The van der Waals surface area contributed by atoms with E-state index in [0.29, 0.717) is 34.1 Å². The number of aromatic amines is 1. The van der Waals surface area contributed by atoms with E-state index in [1.165, 1.54) is 0 Å². The van der Waals surface area contributed by atoms with Crippen LogP contribution in [0.2, 0.25) is 0 Å². The van der Waals surface area contributed by atoms with E-state index in [2.05, 4.69) is 20.5 Å². The summed E-state index contributed by atoms with van der Waals surface area (Å²) in [6, 6.07) is 22.0. The van der Waals surface area contributed by atoms with Gasteiger partial charge in [0.25, 0.3) is 0 Å². The highest BCUT2D eigenvalue weighted by Gasteiger charge is 2.17. The highest BCUT2D eigenvalue weighted by Crippen LogP contribution is 2.32. The van der Waals surface area contributed by atoms with Crippen molar-refractivity contribution >= 4 is 46.3 Å². The predicted molar refractivity (Wildman–Crippen MR) is 153 cm³/mol. The second-order valence-corrected chi connectivity index (χ2v) is 9.64. The van der Waals surface area contributed by atoms with Crippen LogP contribution in [0.3, 0.4) is 0 Å². The number of H-pyrrole nitrogens is 1. The lowest BCUT2D eigenvalue weighted by Gasteiger charge is -2.07. The second kappa shape index (κ2) is 11.8. The molecule has 2 heterocycles. The van der Waals surface area contributed by atoms with Crippen molar-refractivity contribution in [2.24, 2.45) is 0 Å². The number of methoxy groups -OCH3 is 2. The van der Waals surface area contributed by atoms with Gasteiger partial charge >= 0.3 is 5.97 Å². The Kier molecular flexibility index (Phi) is 7.83. The number of hydrogen-bond acceptors (Lipinski definition) is 7. The number of carboxylic acid groups (broad SMARTS) is 1. The van der Waals surface area contributed by atoms with Gasteiger partial charge in [0.2, 0.25) is 11.1 Å². The quantitative estimate of drug-likeness (QED) is 0.156. The SMILES string of the molecule is COc1cc(OC)cc(-c2nc(S/C(=C\c3cn(CC(=O)Nc4ccccc4)c4ccccc34)C(=O)O)n[nH]2)c1. The molecule has 0 atom stereocenters. The van der Waals surface area contributed by atoms with Gasteiger partial charge < -0.3 is 24.5 Å². The molecule has 10 nitrogen and oxygen atoms in total. The molecule has 0 aliphatic heterocycles. The zero-order valence-corrected chi connectivity index (χ0v) is 22.4. The minimum absolute atomic E-state index is 0.0189. The summed E-state index contributed by atoms with van der Waals surface area (Å²) in [6.07, 6.45) is 3.33. The minimum atomic E-state index is -1.13. The van der Waals surface area contributed by atoms with Crippen molar-refractivity contribution in [3.8, 4) is 22.9 Å². The number of hydrogen-bond donors (Lipinski definition) is 3. The van der Waals surface area contributed by atoms with Gasteiger partial charge in [-0.2, -0.15) is 0 Å². The standard InChI is InChI=1S/C29H25N5O5S/c1-38-21-12-18(13-22(15-21)39-2)27-31-29(33-32-27)40-25(28(36)37)14-19-16-34(24-11-7-6-10-23(19)24)17-26(35)30-20-8-4-3-5-9-20/h3-16H,17H2,1-2H3,(H,30,35)(H,36,37)(H,31,32,33)/b25-14-. The van der Waals surface area contributed by atoms with Crippen molar-refractivity contribution in [1.29, 1.82) is 0 Å². The van der Waals surface area contributed by atoms with Crippen LogP contribution in [0.1, 0.15) is 5.56 Å². The number of fused-ring (bicyclic) bond motifs is 1. The highest BCUT2D eigenvalue weighted by atomic mass is 32.2. The Morgan fingerprint density at radius 2 is 1.73 bits per heavy atom. The Morgan fingerprint density at radius 3 is 2.42 bits per heavy atom. The molecule has 202 valence electrons. The first-order chi connectivity index (χ1) is 19.4. The van der Waals surface area contributed by atoms with Crippen molar-refractivity contribution in [2.75, 3.05) is 19.5 Å². The predicted octanol–water partition coefficient (Wildman–Crippen LogP) is 5.30. The summed E-state index contributed by atoms with van der Waals surface area (Å²) in [6.45, 7) is 0.0626. The van der Waals surface area contributed by atoms with Crippen LogP contribution >= 0.6 is 11.8 Å². The number of anilines is 1. The molecule has 11 heteroatoms. The number of nitrogens with zero attached hydrogens (tertiary/aromatic N) is 3. The number of carbonyl (C=O) groups is 2. The number of aliphatic carboxylic acids is 1. The van der Waals surface area contributed by atoms with Crippen molar-refractivity contribution in [3.63, 3.8) is 0 Å².